The molecule has 0 aliphatic heterocycles. The van der Waals surface area contributed by atoms with Crippen molar-refractivity contribution in [3.8, 4) is 0 Å². The number of halogens is 1. The Morgan fingerprint density at radius 2 is 2.23 bits per heavy atom. The van der Waals surface area contributed by atoms with Crippen LogP contribution in [0.3, 0.4) is 0 Å². The molecular formula is C10H16ClNS. The Morgan fingerprint density at radius 1 is 1.54 bits per heavy atom. The minimum Gasteiger partial charge on any atom is -0.302 e. The maximum Gasteiger partial charge on any atom is 0.0449 e. The van der Waals surface area contributed by atoms with Crippen LogP contribution in [0.5, 0.6) is 0 Å². The van der Waals surface area contributed by atoms with Crippen LogP contribution in [0.4, 0.5) is 0 Å². The Hall–Kier alpha value is -0.0500. The smallest absolute Gasteiger partial charge is 0.0449 e. The molecule has 0 aliphatic carbocycles. The van der Waals surface area contributed by atoms with Crippen LogP contribution in [0.2, 0.25) is 0 Å². The molecule has 0 aromatic carbocycles. The summed E-state index contributed by atoms with van der Waals surface area (Å²) >= 11 is 7.61. The molecule has 1 rings (SSSR count). The number of rotatable bonds is 4. The Morgan fingerprint density at radius 3 is 2.62 bits per heavy atom. The average Bonchev–Trinajstić information content (AvgIpc) is 2.47. The molecule has 74 valence electrons. The average molecular weight is 218 g/mol. The van der Waals surface area contributed by atoms with Crippen molar-refractivity contribution in [2.45, 2.75) is 19.4 Å². The lowest BCUT2D eigenvalue weighted by Gasteiger charge is -2.23. The van der Waals surface area contributed by atoms with E-state index in [4.69, 9.17) is 11.6 Å². The molecule has 3 heteroatoms. The van der Waals surface area contributed by atoms with Crippen molar-refractivity contribution < 1.29 is 0 Å². The van der Waals surface area contributed by atoms with E-state index in [9.17, 15) is 0 Å². The lowest BCUT2D eigenvalue weighted by molar-refractivity contribution is 0.296. The van der Waals surface area contributed by atoms with E-state index in [0.29, 0.717) is 6.04 Å². The monoisotopic (exact) mass is 217 g/mol. The summed E-state index contributed by atoms with van der Waals surface area (Å²) in [5.74, 6) is 0.722. The van der Waals surface area contributed by atoms with E-state index < -0.39 is 0 Å². The Labute approximate surface area is 89.3 Å². The molecule has 0 amide bonds. The summed E-state index contributed by atoms with van der Waals surface area (Å²) in [7, 11) is 4.22. The third-order valence-electron chi connectivity index (χ3n) is 2.21. The minimum absolute atomic E-state index is 0.484. The summed E-state index contributed by atoms with van der Waals surface area (Å²) < 4.78 is 0. The van der Waals surface area contributed by atoms with Crippen molar-refractivity contribution in [2.75, 3.05) is 20.0 Å². The molecule has 1 aromatic heterocycles. The van der Waals surface area contributed by atoms with E-state index >= 15 is 0 Å². The van der Waals surface area contributed by atoms with Gasteiger partial charge in [-0.2, -0.15) is 0 Å². The highest BCUT2D eigenvalue weighted by Crippen LogP contribution is 2.29. The summed E-state index contributed by atoms with van der Waals surface area (Å²) in [5, 5.41) is 2.15. The Kier molecular flexibility index (Phi) is 4.23. The molecule has 1 atom stereocenters. The van der Waals surface area contributed by atoms with Crippen molar-refractivity contribution in [3.63, 3.8) is 0 Å². The van der Waals surface area contributed by atoms with Gasteiger partial charge in [-0.3, -0.25) is 0 Å². The van der Waals surface area contributed by atoms with Gasteiger partial charge in [-0.25, -0.2) is 0 Å². The molecular weight excluding hydrogens is 202 g/mol. The van der Waals surface area contributed by atoms with Crippen molar-refractivity contribution in [1.82, 2.24) is 4.90 Å². The first-order valence-corrected chi connectivity index (χ1v) is 5.84. The van der Waals surface area contributed by atoms with E-state index in [-0.39, 0.29) is 0 Å². The van der Waals surface area contributed by atoms with Crippen LogP contribution in [-0.2, 0) is 0 Å². The minimum atomic E-state index is 0.484. The van der Waals surface area contributed by atoms with Gasteiger partial charge in [0.15, 0.2) is 0 Å². The standard InChI is InChI=1S/C10H16ClNS/c1-8-5-7-13-10(8)9(4-6-11)12(2)3/h5,7,9H,4,6H2,1-3H3. The van der Waals surface area contributed by atoms with Crippen LogP contribution in [-0.4, -0.2) is 24.9 Å². The Balaban J connectivity index is 2.82. The number of aryl methyl sites for hydroxylation is 1. The van der Waals surface area contributed by atoms with Gasteiger partial charge >= 0.3 is 0 Å². The summed E-state index contributed by atoms with van der Waals surface area (Å²) in [6.07, 6.45) is 1.02. The van der Waals surface area contributed by atoms with Crippen LogP contribution >= 0.6 is 22.9 Å². The Bertz CT molecular complexity index is 257. The SMILES string of the molecule is Cc1ccsc1C(CCCl)N(C)C. The maximum absolute atomic E-state index is 5.79. The second-order valence-electron chi connectivity index (χ2n) is 3.42. The third-order valence-corrected chi connectivity index (χ3v) is 3.55. The van der Waals surface area contributed by atoms with Crippen LogP contribution < -0.4 is 0 Å². The fourth-order valence-corrected chi connectivity index (χ4v) is 2.82. The largest absolute Gasteiger partial charge is 0.302 e. The van der Waals surface area contributed by atoms with Gasteiger partial charge in [0.25, 0.3) is 0 Å². The zero-order chi connectivity index (χ0) is 9.84. The molecule has 0 aliphatic rings. The first-order valence-electron chi connectivity index (χ1n) is 4.43. The van der Waals surface area contributed by atoms with Crippen LogP contribution in [0, 0.1) is 6.92 Å². The van der Waals surface area contributed by atoms with Crippen molar-refractivity contribution in [1.29, 1.82) is 0 Å². The van der Waals surface area contributed by atoms with Crippen LogP contribution in [0.15, 0.2) is 11.4 Å². The second kappa shape index (κ2) is 4.99. The molecule has 1 heterocycles. The highest BCUT2D eigenvalue weighted by molar-refractivity contribution is 7.10. The lowest BCUT2D eigenvalue weighted by atomic mass is 10.1. The van der Waals surface area contributed by atoms with Crippen molar-refractivity contribution in [3.05, 3.63) is 21.9 Å². The number of hydrogen-bond donors (Lipinski definition) is 0. The predicted octanol–water partition coefficient (Wildman–Crippen LogP) is 3.29. The number of alkyl halides is 1. The van der Waals surface area contributed by atoms with Gasteiger partial charge in [0.2, 0.25) is 0 Å². The summed E-state index contributed by atoms with van der Waals surface area (Å²) in [4.78, 5) is 3.69. The molecule has 0 fully saturated rings. The summed E-state index contributed by atoms with van der Waals surface area (Å²) in [6.45, 7) is 2.16. The zero-order valence-electron chi connectivity index (χ0n) is 8.38. The van der Waals surface area contributed by atoms with Gasteiger partial charge < -0.3 is 4.90 Å². The summed E-state index contributed by atoms with van der Waals surface area (Å²) in [5.41, 5.74) is 1.38. The number of hydrogen-bond acceptors (Lipinski definition) is 2. The normalized spacial score (nSPS) is 13.6. The quantitative estimate of drug-likeness (QED) is 0.700. The molecule has 0 radical (unpaired) electrons. The van der Waals surface area contributed by atoms with Gasteiger partial charge in [0.05, 0.1) is 0 Å². The van der Waals surface area contributed by atoms with E-state index in [2.05, 4.69) is 37.4 Å². The lowest BCUT2D eigenvalue weighted by Crippen LogP contribution is -2.20. The topological polar surface area (TPSA) is 3.24 Å². The van der Waals surface area contributed by atoms with Crippen molar-refractivity contribution in [2.24, 2.45) is 0 Å². The molecule has 0 saturated heterocycles. The fraction of sp³-hybridized carbons (Fsp3) is 0.600. The molecule has 0 spiro atoms. The number of thiophene rings is 1. The molecule has 0 N–H and O–H groups in total. The van der Waals surface area contributed by atoms with Gasteiger partial charge in [-0.1, -0.05) is 0 Å². The zero-order valence-corrected chi connectivity index (χ0v) is 9.95. The van der Waals surface area contributed by atoms with E-state index in [1.54, 1.807) is 0 Å². The number of nitrogens with zero attached hydrogens (tertiary/aromatic N) is 1. The van der Waals surface area contributed by atoms with E-state index in [0.717, 1.165) is 12.3 Å². The summed E-state index contributed by atoms with van der Waals surface area (Å²) in [6, 6.07) is 2.66. The van der Waals surface area contributed by atoms with Gasteiger partial charge in [0, 0.05) is 16.8 Å². The fourth-order valence-electron chi connectivity index (χ4n) is 1.45. The first-order chi connectivity index (χ1) is 6.16. The van der Waals surface area contributed by atoms with E-state index in [1.165, 1.54) is 10.4 Å². The molecule has 13 heavy (non-hydrogen) atoms. The van der Waals surface area contributed by atoms with Crippen LogP contribution in [0.1, 0.15) is 22.9 Å². The highest BCUT2D eigenvalue weighted by atomic mass is 35.5. The van der Waals surface area contributed by atoms with Gasteiger partial charge in [-0.05, 0) is 44.4 Å². The first kappa shape index (κ1) is 11.0. The maximum atomic E-state index is 5.79. The van der Waals surface area contributed by atoms with E-state index in [1.807, 2.05) is 11.3 Å². The molecule has 0 bridgehead atoms. The van der Waals surface area contributed by atoms with Crippen LogP contribution in [0.25, 0.3) is 0 Å². The molecule has 1 nitrogen and oxygen atoms in total. The predicted molar refractivity (Wildman–Crippen MR) is 60.8 cm³/mol. The highest BCUT2D eigenvalue weighted by Gasteiger charge is 2.16. The molecule has 1 aromatic rings. The third kappa shape index (κ3) is 2.70. The molecule has 1 unspecified atom stereocenters. The van der Waals surface area contributed by atoms with Crippen molar-refractivity contribution >= 4 is 22.9 Å². The van der Waals surface area contributed by atoms with Gasteiger partial charge in [0.1, 0.15) is 0 Å². The second-order valence-corrected chi connectivity index (χ2v) is 4.75. The van der Waals surface area contributed by atoms with Gasteiger partial charge in [-0.15, -0.1) is 22.9 Å². The molecule has 0 saturated carbocycles.